The molecule has 106 valence electrons. The predicted molar refractivity (Wildman–Crippen MR) is 76.6 cm³/mol. The molecule has 2 atom stereocenters. The van der Waals surface area contributed by atoms with Crippen molar-refractivity contribution < 1.29 is 9.47 Å². The van der Waals surface area contributed by atoms with E-state index in [0.717, 1.165) is 12.8 Å². The lowest BCUT2D eigenvalue weighted by Gasteiger charge is -2.32. The lowest BCUT2D eigenvalue weighted by Crippen LogP contribution is -2.35. The molecular weight excluding hydrogens is 224 g/mol. The molecule has 1 aliphatic rings. The largest absolute Gasteiger partial charge is 0.350 e. The third kappa shape index (κ3) is 7.17. The average Bonchev–Trinajstić information content (AvgIpc) is 2.31. The molecule has 2 heteroatoms. The molecule has 0 aromatic rings. The summed E-state index contributed by atoms with van der Waals surface area (Å²) in [5.74, 6) is 0. The van der Waals surface area contributed by atoms with E-state index in [1.165, 1.54) is 44.9 Å². The zero-order valence-corrected chi connectivity index (χ0v) is 12.2. The fraction of sp³-hybridized carbons (Fsp3) is 0.875. The highest BCUT2D eigenvalue weighted by Crippen LogP contribution is 2.21. The molecule has 0 bridgehead atoms. The number of ether oxygens (including phenoxy) is 2. The molecule has 1 fully saturated rings. The minimum atomic E-state index is 0.0458. The van der Waals surface area contributed by atoms with E-state index in [9.17, 15) is 0 Å². The number of allylic oxidation sites excluding steroid dienone is 1. The Hall–Kier alpha value is -0.340. The first-order chi connectivity index (χ1) is 8.72. The highest BCUT2D eigenvalue weighted by molar-refractivity contribution is 4.66. The second-order valence-corrected chi connectivity index (χ2v) is 5.55. The summed E-state index contributed by atoms with van der Waals surface area (Å²) in [7, 11) is 0. The zero-order chi connectivity index (χ0) is 13.2. The molecule has 0 saturated carbocycles. The Bertz CT molecular complexity index is 205. The Kier molecular flexibility index (Phi) is 8.36. The van der Waals surface area contributed by atoms with Crippen LogP contribution in [0.3, 0.4) is 0 Å². The summed E-state index contributed by atoms with van der Waals surface area (Å²) >= 11 is 0. The molecule has 0 radical (unpaired) electrons. The Morgan fingerprint density at radius 2 is 1.50 bits per heavy atom. The van der Waals surface area contributed by atoms with Gasteiger partial charge < -0.3 is 9.47 Å². The van der Waals surface area contributed by atoms with E-state index >= 15 is 0 Å². The van der Waals surface area contributed by atoms with Crippen molar-refractivity contribution in [3.63, 3.8) is 0 Å². The van der Waals surface area contributed by atoms with Crippen LogP contribution in [0.1, 0.15) is 71.6 Å². The number of hydrogen-bond acceptors (Lipinski definition) is 2. The third-order valence-electron chi connectivity index (χ3n) is 3.53. The first-order valence-corrected chi connectivity index (χ1v) is 7.64. The number of unbranched alkanes of at least 4 members (excludes halogenated alkanes) is 6. The van der Waals surface area contributed by atoms with E-state index in [1.54, 1.807) is 0 Å². The molecule has 0 aliphatic carbocycles. The van der Waals surface area contributed by atoms with Crippen LogP contribution in [0.5, 0.6) is 0 Å². The first kappa shape index (κ1) is 15.7. The highest BCUT2D eigenvalue weighted by Gasteiger charge is 2.24. The summed E-state index contributed by atoms with van der Waals surface area (Å²) in [4.78, 5) is 0. The molecule has 0 aromatic heterocycles. The molecule has 0 aromatic carbocycles. The van der Waals surface area contributed by atoms with Crippen LogP contribution < -0.4 is 0 Å². The van der Waals surface area contributed by atoms with Crippen molar-refractivity contribution in [1.29, 1.82) is 0 Å². The van der Waals surface area contributed by atoms with Crippen molar-refractivity contribution in [2.24, 2.45) is 0 Å². The fourth-order valence-corrected chi connectivity index (χ4v) is 2.57. The molecule has 1 aliphatic heterocycles. The van der Waals surface area contributed by atoms with E-state index in [1.807, 2.05) is 6.08 Å². The molecule has 1 saturated heterocycles. The van der Waals surface area contributed by atoms with Crippen molar-refractivity contribution in [2.75, 3.05) is 0 Å². The maximum atomic E-state index is 5.78. The van der Waals surface area contributed by atoms with Gasteiger partial charge in [-0.1, -0.05) is 31.8 Å². The van der Waals surface area contributed by atoms with Crippen molar-refractivity contribution in [3.8, 4) is 0 Å². The minimum absolute atomic E-state index is 0.0458. The van der Waals surface area contributed by atoms with E-state index in [4.69, 9.17) is 9.47 Å². The number of hydrogen-bond donors (Lipinski definition) is 0. The fourth-order valence-electron chi connectivity index (χ4n) is 2.57. The molecule has 1 rings (SSSR count). The first-order valence-electron chi connectivity index (χ1n) is 7.64. The van der Waals surface area contributed by atoms with Gasteiger partial charge in [0.2, 0.25) is 0 Å². The van der Waals surface area contributed by atoms with Crippen LogP contribution in [-0.4, -0.2) is 18.5 Å². The maximum absolute atomic E-state index is 5.78. The summed E-state index contributed by atoms with van der Waals surface area (Å²) in [6, 6.07) is 0. The van der Waals surface area contributed by atoms with Gasteiger partial charge in [-0.15, -0.1) is 6.58 Å². The molecule has 0 spiro atoms. The van der Waals surface area contributed by atoms with Crippen LogP contribution in [0, 0.1) is 0 Å². The second kappa shape index (κ2) is 9.57. The normalized spacial score (nSPS) is 28.2. The van der Waals surface area contributed by atoms with E-state index < -0.39 is 0 Å². The lowest BCUT2D eigenvalue weighted by molar-refractivity contribution is -0.236. The smallest absolute Gasteiger partial charge is 0.158 e. The molecule has 18 heavy (non-hydrogen) atoms. The van der Waals surface area contributed by atoms with Gasteiger partial charge in [-0.25, -0.2) is 0 Å². The van der Waals surface area contributed by atoms with Crippen molar-refractivity contribution in [1.82, 2.24) is 0 Å². The molecule has 2 nitrogen and oxygen atoms in total. The van der Waals surface area contributed by atoms with Crippen LogP contribution in [-0.2, 0) is 9.47 Å². The molecule has 2 unspecified atom stereocenters. The predicted octanol–water partition coefficient (Wildman–Crippen LogP) is 4.83. The highest BCUT2D eigenvalue weighted by atomic mass is 16.7. The quantitative estimate of drug-likeness (QED) is 0.433. The van der Waals surface area contributed by atoms with Gasteiger partial charge in [-0.2, -0.15) is 0 Å². The standard InChI is InChI=1S/C16H30O2/c1-4-5-6-7-8-9-10-11-12-16-17-14(2)13-15(3)18-16/h4,14-16H,1,5-13H2,2-3H3. The van der Waals surface area contributed by atoms with Gasteiger partial charge in [0.15, 0.2) is 6.29 Å². The van der Waals surface area contributed by atoms with Crippen molar-refractivity contribution in [2.45, 2.75) is 90.1 Å². The summed E-state index contributed by atoms with van der Waals surface area (Å²) in [5, 5.41) is 0. The van der Waals surface area contributed by atoms with Gasteiger partial charge in [0.05, 0.1) is 12.2 Å². The summed E-state index contributed by atoms with van der Waals surface area (Å²) in [6.45, 7) is 8.03. The molecule has 0 N–H and O–H groups in total. The van der Waals surface area contributed by atoms with Crippen molar-refractivity contribution in [3.05, 3.63) is 12.7 Å². The Morgan fingerprint density at radius 3 is 2.11 bits per heavy atom. The third-order valence-corrected chi connectivity index (χ3v) is 3.53. The van der Waals surface area contributed by atoms with Crippen LogP contribution in [0.15, 0.2) is 12.7 Å². The van der Waals surface area contributed by atoms with E-state index in [-0.39, 0.29) is 6.29 Å². The summed E-state index contributed by atoms with van der Waals surface area (Å²) < 4.78 is 11.6. The second-order valence-electron chi connectivity index (χ2n) is 5.55. The monoisotopic (exact) mass is 254 g/mol. The van der Waals surface area contributed by atoms with Crippen LogP contribution >= 0.6 is 0 Å². The van der Waals surface area contributed by atoms with Gasteiger partial charge in [0.1, 0.15) is 0 Å². The lowest BCUT2D eigenvalue weighted by atomic mass is 10.1. The minimum Gasteiger partial charge on any atom is -0.350 e. The Morgan fingerprint density at radius 1 is 0.944 bits per heavy atom. The SMILES string of the molecule is C=CCCCCCCCCC1OC(C)CC(C)O1. The van der Waals surface area contributed by atoms with Gasteiger partial charge in [0.25, 0.3) is 0 Å². The van der Waals surface area contributed by atoms with Gasteiger partial charge in [0, 0.05) is 0 Å². The van der Waals surface area contributed by atoms with Crippen LogP contribution in [0.2, 0.25) is 0 Å². The van der Waals surface area contributed by atoms with E-state index in [0.29, 0.717) is 12.2 Å². The van der Waals surface area contributed by atoms with Gasteiger partial charge in [-0.3, -0.25) is 0 Å². The maximum Gasteiger partial charge on any atom is 0.158 e. The molecule has 1 heterocycles. The number of rotatable bonds is 9. The zero-order valence-electron chi connectivity index (χ0n) is 12.2. The topological polar surface area (TPSA) is 18.5 Å². The van der Waals surface area contributed by atoms with E-state index in [2.05, 4.69) is 20.4 Å². The van der Waals surface area contributed by atoms with Crippen LogP contribution in [0.25, 0.3) is 0 Å². The average molecular weight is 254 g/mol. The van der Waals surface area contributed by atoms with Gasteiger partial charge in [-0.05, 0) is 46.0 Å². The van der Waals surface area contributed by atoms with Gasteiger partial charge >= 0.3 is 0 Å². The van der Waals surface area contributed by atoms with Crippen LogP contribution in [0.4, 0.5) is 0 Å². The van der Waals surface area contributed by atoms with Crippen molar-refractivity contribution >= 4 is 0 Å². The Labute approximate surface area is 113 Å². The Balaban J connectivity index is 1.92. The molecular formula is C16H30O2. The summed E-state index contributed by atoms with van der Waals surface area (Å²) in [6.07, 6.45) is 13.9. The molecule has 0 amide bonds. The summed E-state index contributed by atoms with van der Waals surface area (Å²) in [5.41, 5.74) is 0.